The first-order chi connectivity index (χ1) is 49.5. The van der Waals surface area contributed by atoms with Crippen molar-refractivity contribution in [3.8, 4) is 0 Å². The molecular formula is C81H133F9O20. The van der Waals surface area contributed by atoms with Gasteiger partial charge in [0, 0.05) is 24.7 Å². The van der Waals surface area contributed by atoms with Crippen LogP contribution in [0.5, 0.6) is 0 Å². The zero-order chi connectivity index (χ0) is 85.6. The van der Waals surface area contributed by atoms with E-state index in [4.69, 9.17) is 37.9 Å². The standard InChI is InChI=1S/C16H26O3.C15H27F3O3.C15H28O2.C13H18O5.C12H18F6O3.C10H16O4/c1-4-14(2,3)13(17)19-16-8-11-5-12(9-16)7-15(18,6-11)10-16;1-7-13(4,5)12(19)21-11(8-10(2)3)9-14(6,20)15(16,17)18;1-7-14(5,6)12(16)17-15(13(2,3)4)10-8-9-11-15;1-4-13(2,3)12(15)18-9-7-5-6-8(16-7)10(9)17-11(6)14;1-6-8(2,3)7(19)21-9(4,5)10(20,11(13,14)15)12(16,17)18;1-4-10(2,3)9(12)14-7-5-6-13-8(7)11/h11-12,18H,4-10H2,1-3H3;10-11,20H,7-9H2,1-6H3;7-11H2,1-6H3;6-10H,4-5H2,1-3H3;20H,6H2,1-5H3;7H,4-6H2,1-3H3. The molecule has 0 aromatic carbocycles. The van der Waals surface area contributed by atoms with Crippen molar-refractivity contribution in [1.29, 1.82) is 0 Å². The third kappa shape index (κ3) is 24.1. The summed E-state index contributed by atoms with van der Waals surface area (Å²) in [5.74, 6) is -2.09. The molecule has 29 heteroatoms. The van der Waals surface area contributed by atoms with Crippen molar-refractivity contribution in [2.24, 2.45) is 61.6 Å². The van der Waals surface area contributed by atoms with Gasteiger partial charge in [0.15, 0.2) is 23.4 Å². The third-order valence-corrected chi connectivity index (χ3v) is 24.4. The minimum Gasteiger partial charge on any atom is -0.463 e. The average Bonchev–Trinajstić information content (AvgIpc) is 1.15. The van der Waals surface area contributed by atoms with Crippen molar-refractivity contribution in [2.75, 3.05) is 6.61 Å². The zero-order valence-electron chi connectivity index (χ0n) is 70.3. The summed E-state index contributed by atoms with van der Waals surface area (Å²) in [5.41, 5.74) is -16.3. The van der Waals surface area contributed by atoms with Gasteiger partial charge in [0.2, 0.25) is 6.10 Å². The molecule has 0 amide bonds. The van der Waals surface area contributed by atoms with Crippen molar-refractivity contribution in [3.05, 3.63) is 0 Å². The maximum atomic E-state index is 12.8. The second-order valence-corrected chi connectivity index (χ2v) is 37.9. The number of rotatable bonds is 23. The van der Waals surface area contributed by atoms with E-state index in [0.29, 0.717) is 77.7 Å². The van der Waals surface area contributed by atoms with Gasteiger partial charge in [-0.25, -0.2) is 4.79 Å². The van der Waals surface area contributed by atoms with Gasteiger partial charge in [-0.1, -0.05) is 76.2 Å². The van der Waals surface area contributed by atoms with Crippen LogP contribution in [0.15, 0.2) is 0 Å². The van der Waals surface area contributed by atoms with Crippen LogP contribution in [0.25, 0.3) is 0 Å². The first kappa shape index (κ1) is 99.2. The van der Waals surface area contributed by atoms with E-state index in [0.717, 1.165) is 51.4 Å². The molecule has 10 unspecified atom stereocenters. The van der Waals surface area contributed by atoms with Gasteiger partial charge in [-0.2, -0.15) is 39.5 Å². The smallest absolute Gasteiger partial charge is 0.430 e. The average molecular weight is 1600 g/mol. The second kappa shape index (κ2) is 36.0. The van der Waals surface area contributed by atoms with Gasteiger partial charge >= 0.3 is 66.3 Å². The van der Waals surface area contributed by atoms with E-state index in [1.54, 1.807) is 27.7 Å². The molecule has 9 aliphatic rings. The Morgan fingerprint density at radius 1 is 0.527 bits per heavy atom. The van der Waals surface area contributed by atoms with Crippen LogP contribution in [-0.2, 0) is 81.0 Å². The molecule has 0 aromatic heterocycles. The lowest BCUT2D eigenvalue weighted by atomic mass is 9.52. The van der Waals surface area contributed by atoms with Gasteiger partial charge < -0.3 is 58.0 Å². The van der Waals surface area contributed by atoms with Crippen molar-refractivity contribution in [3.63, 3.8) is 0 Å². The molecule has 0 spiro atoms. The number of aliphatic hydroxyl groups is 3. The Morgan fingerprint density at radius 3 is 1.34 bits per heavy atom. The van der Waals surface area contributed by atoms with Crippen molar-refractivity contribution in [2.45, 2.75) is 397 Å². The monoisotopic (exact) mass is 1600 g/mol. The topological polar surface area (TPSA) is 280 Å². The second-order valence-electron chi connectivity index (χ2n) is 37.9. The number of alkyl halides is 9. The van der Waals surface area contributed by atoms with Crippen LogP contribution in [0, 0.1) is 61.6 Å². The third-order valence-electron chi connectivity index (χ3n) is 24.4. The molecule has 4 aliphatic heterocycles. The van der Waals surface area contributed by atoms with Crippen molar-refractivity contribution >= 4 is 47.8 Å². The first-order valence-electron chi connectivity index (χ1n) is 39.2. The first-order valence-corrected chi connectivity index (χ1v) is 39.2. The summed E-state index contributed by atoms with van der Waals surface area (Å²) in [4.78, 5) is 94.6. The number of halogens is 9. The summed E-state index contributed by atoms with van der Waals surface area (Å²) in [5, 5.41) is 29.5. The van der Waals surface area contributed by atoms with E-state index in [2.05, 4.69) is 25.5 Å². The zero-order valence-corrected chi connectivity index (χ0v) is 70.3. The molecule has 640 valence electrons. The number of hydrogen-bond acceptors (Lipinski definition) is 20. The molecule has 4 heterocycles. The molecule has 20 nitrogen and oxygen atoms in total. The lowest BCUT2D eigenvalue weighted by molar-refractivity contribution is -0.408. The van der Waals surface area contributed by atoms with Gasteiger partial charge in [0.1, 0.15) is 23.4 Å². The predicted octanol–water partition coefficient (Wildman–Crippen LogP) is 17.4. The minimum absolute atomic E-state index is 0.0307. The van der Waals surface area contributed by atoms with E-state index < -0.39 is 117 Å². The van der Waals surface area contributed by atoms with Crippen LogP contribution in [-0.4, -0.2) is 158 Å². The highest BCUT2D eigenvalue weighted by Crippen LogP contribution is 2.60. The summed E-state index contributed by atoms with van der Waals surface area (Å²) >= 11 is 0. The molecule has 6 bridgehead atoms. The van der Waals surface area contributed by atoms with Crippen molar-refractivity contribution in [1.82, 2.24) is 0 Å². The number of ether oxygens (including phenoxy) is 9. The Balaban J connectivity index is 0.000000343. The fourth-order valence-corrected chi connectivity index (χ4v) is 14.1. The molecule has 110 heavy (non-hydrogen) atoms. The largest absolute Gasteiger partial charge is 0.463 e. The summed E-state index contributed by atoms with van der Waals surface area (Å²) < 4.78 is 163. The van der Waals surface area contributed by atoms with E-state index in [-0.39, 0.29) is 88.8 Å². The van der Waals surface area contributed by atoms with E-state index in [1.807, 2.05) is 90.0 Å². The van der Waals surface area contributed by atoms with E-state index in [9.17, 15) is 93.2 Å². The molecule has 9 fully saturated rings. The molecule has 4 saturated heterocycles. The van der Waals surface area contributed by atoms with Crippen LogP contribution in [0.1, 0.15) is 308 Å². The number of esters is 8. The van der Waals surface area contributed by atoms with Crippen LogP contribution >= 0.6 is 0 Å². The van der Waals surface area contributed by atoms with Gasteiger partial charge in [0.25, 0.3) is 5.60 Å². The van der Waals surface area contributed by atoms with Crippen LogP contribution < -0.4 is 0 Å². The van der Waals surface area contributed by atoms with Gasteiger partial charge in [0.05, 0.1) is 56.7 Å². The highest BCUT2D eigenvalue weighted by Gasteiger charge is 2.79. The fraction of sp³-hybridized carbons (Fsp3) is 0.901. The molecule has 0 aromatic rings. The van der Waals surface area contributed by atoms with Gasteiger partial charge in [-0.15, -0.1) is 0 Å². The number of cyclic esters (lactones) is 1. The summed E-state index contributed by atoms with van der Waals surface area (Å²) in [6.07, 6.45) is -5.28. The van der Waals surface area contributed by atoms with Gasteiger partial charge in [-0.3, -0.25) is 33.6 Å². The SMILES string of the molecule is CCC(C)(C)C(=O)OC(C)(C)C(O)(C(F)(F)F)C(F)(F)F.CCC(C)(C)C(=O)OC(CC(C)C)CC(C)(O)C(F)(F)F.CCC(C)(C)C(=O)OC1(C(C)(C)C)CCCC1.CCC(C)(C)C(=O)OC12CC3CC(CC(O)(C3)C1)C2.CCC(C)(C)C(=O)OC1C2CC3C(=O)OC1C3O2.CCC(C)(C)C(=O)OC1CCOC1=O. The van der Waals surface area contributed by atoms with Gasteiger partial charge in [-0.05, 0) is 231 Å². The number of hydrogen-bond donors (Lipinski definition) is 3. The summed E-state index contributed by atoms with van der Waals surface area (Å²) in [7, 11) is 0. The molecule has 0 radical (unpaired) electrons. The number of carbonyl (C=O) groups excluding carboxylic acids is 8. The Bertz CT molecular complexity index is 3100. The molecule has 5 aliphatic carbocycles. The molecule has 10 atom stereocenters. The molecule has 3 N–H and O–H groups in total. The molecule has 9 rings (SSSR count). The van der Waals surface area contributed by atoms with Crippen LogP contribution in [0.4, 0.5) is 39.5 Å². The van der Waals surface area contributed by atoms with E-state index in [1.165, 1.54) is 40.0 Å². The maximum absolute atomic E-state index is 12.8. The fourth-order valence-electron chi connectivity index (χ4n) is 14.1. The Hall–Kier alpha value is -5.03. The Labute approximate surface area is 646 Å². The number of fused-ring (bicyclic) bond motifs is 1. The predicted molar refractivity (Wildman–Crippen MR) is 389 cm³/mol. The molecule has 5 saturated carbocycles. The number of carbonyl (C=O) groups is 8. The Morgan fingerprint density at radius 2 is 0.945 bits per heavy atom. The normalized spacial score (nSPS) is 26.5. The molecular weight excluding hydrogens is 1460 g/mol. The summed E-state index contributed by atoms with van der Waals surface area (Å²) in [6, 6.07) is 0. The summed E-state index contributed by atoms with van der Waals surface area (Å²) in [6.45, 7) is 44.4. The lowest BCUT2D eigenvalue weighted by Gasteiger charge is -2.59. The quantitative estimate of drug-likeness (QED) is 0.0487. The van der Waals surface area contributed by atoms with Crippen LogP contribution in [0.2, 0.25) is 0 Å². The maximum Gasteiger partial charge on any atom is 0.430 e. The van der Waals surface area contributed by atoms with Crippen molar-refractivity contribution < 1.29 is 136 Å². The lowest BCUT2D eigenvalue weighted by Crippen LogP contribution is -2.70. The highest BCUT2D eigenvalue weighted by atomic mass is 19.4. The van der Waals surface area contributed by atoms with Crippen LogP contribution in [0.3, 0.4) is 0 Å². The highest BCUT2D eigenvalue weighted by molar-refractivity contribution is 5.83. The Kier molecular flexibility index (Phi) is 32.5. The van der Waals surface area contributed by atoms with E-state index >= 15 is 0 Å². The minimum atomic E-state index is -6.06.